The van der Waals surface area contributed by atoms with E-state index in [-0.39, 0.29) is 23.8 Å². The van der Waals surface area contributed by atoms with Crippen LogP contribution in [0.5, 0.6) is 0 Å². The summed E-state index contributed by atoms with van der Waals surface area (Å²) in [6.07, 6.45) is 2.70. The van der Waals surface area contributed by atoms with Gasteiger partial charge in [0.05, 0.1) is 18.6 Å². The zero-order chi connectivity index (χ0) is 13.7. The third kappa shape index (κ3) is 3.77. The fourth-order valence-electron chi connectivity index (χ4n) is 2.40. The number of rotatable bonds is 5. The molecule has 0 bridgehead atoms. The summed E-state index contributed by atoms with van der Waals surface area (Å²) >= 11 is 0. The molecule has 0 amide bonds. The summed E-state index contributed by atoms with van der Waals surface area (Å²) in [5, 5.41) is 0. The summed E-state index contributed by atoms with van der Waals surface area (Å²) in [6, 6.07) is 6.03. The van der Waals surface area contributed by atoms with Crippen molar-refractivity contribution in [2.75, 3.05) is 13.2 Å². The van der Waals surface area contributed by atoms with Gasteiger partial charge in [-0.1, -0.05) is 12.1 Å². The van der Waals surface area contributed by atoms with E-state index in [4.69, 9.17) is 9.47 Å². The lowest BCUT2D eigenvalue weighted by Crippen LogP contribution is -2.21. The Labute approximate surface area is 112 Å². The van der Waals surface area contributed by atoms with Gasteiger partial charge in [0.1, 0.15) is 5.82 Å². The molecule has 1 fully saturated rings. The molecule has 4 heteroatoms. The average molecular weight is 266 g/mol. The maximum atomic E-state index is 13.0. The Morgan fingerprint density at radius 2 is 2.21 bits per heavy atom. The van der Waals surface area contributed by atoms with Crippen LogP contribution in [0.4, 0.5) is 4.39 Å². The average Bonchev–Trinajstić information content (AvgIpc) is 2.90. The Kier molecular flexibility index (Phi) is 4.91. The van der Waals surface area contributed by atoms with Gasteiger partial charge in [0.15, 0.2) is 0 Å². The molecule has 2 unspecified atom stereocenters. The minimum absolute atomic E-state index is 0.0967. The van der Waals surface area contributed by atoms with Gasteiger partial charge in [0.25, 0.3) is 0 Å². The number of hydrogen-bond donors (Lipinski definition) is 0. The highest BCUT2D eigenvalue weighted by Crippen LogP contribution is 2.28. The zero-order valence-electron chi connectivity index (χ0n) is 11.1. The molecule has 1 aliphatic rings. The van der Waals surface area contributed by atoms with E-state index in [0.29, 0.717) is 13.0 Å². The number of esters is 1. The van der Waals surface area contributed by atoms with Crippen molar-refractivity contribution in [1.29, 1.82) is 0 Å². The number of carbonyl (C=O) groups is 1. The minimum atomic E-state index is -0.372. The molecular formula is C15H19FO3. The van der Waals surface area contributed by atoms with Crippen LogP contribution in [-0.4, -0.2) is 25.3 Å². The lowest BCUT2D eigenvalue weighted by atomic mass is 9.92. The van der Waals surface area contributed by atoms with Crippen molar-refractivity contribution in [3.63, 3.8) is 0 Å². The van der Waals surface area contributed by atoms with E-state index in [0.717, 1.165) is 25.0 Å². The topological polar surface area (TPSA) is 35.5 Å². The lowest BCUT2D eigenvalue weighted by Gasteiger charge is -2.19. The summed E-state index contributed by atoms with van der Waals surface area (Å²) in [5.74, 6) is -0.934. The lowest BCUT2D eigenvalue weighted by molar-refractivity contribution is -0.145. The number of benzene rings is 1. The molecule has 1 saturated heterocycles. The van der Waals surface area contributed by atoms with Crippen LogP contribution in [-0.2, 0) is 14.3 Å². The molecule has 104 valence electrons. The molecule has 0 aromatic heterocycles. The molecule has 0 N–H and O–H groups in total. The Hall–Kier alpha value is -1.42. The second kappa shape index (κ2) is 6.66. The van der Waals surface area contributed by atoms with Crippen molar-refractivity contribution in [2.24, 2.45) is 0 Å². The molecule has 1 aromatic carbocycles. The molecular weight excluding hydrogens is 247 g/mol. The molecule has 19 heavy (non-hydrogen) atoms. The van der Waals surface area contributed by atoms with Crippen molar-refractivity contribution >= 4 is 5.97 Å². The Bertz CT molecular complexity index is 410. The van der Waals surface area contributed by atoms with E-state index < -0.39 is 0 Å². The first-order chi connectivity index (χ1) is 9.20. The van der Waals surface area contributed by atoms with Crippen molar-refractivity contribution in [2.45, 2.75) is 38.2 Å². The second-order valence-corrected chi connectivity index (χ2v) is 4.73. The predicted octanol–water partition coefficient (Wildman–Crippen LogP) is 3.04. The number of hydrogen-bond acceptors (Lipinski definition) is 3. The first-order valence-electron chi connectivity index (χ1n) is 6.74. The number of halogens is 1. The Balaban J connectivity index is 2.12. The van der Waals surface area contributed by atoms with Crippen LogP contribution in [0.25, 0.3) is 0 Å². The maximum Gasteiger partial charge on any atom is 0.313 e. The first kappa shape index (κ1) is 14.0. The van der Waals surface area contributed by atoms with Gasteiger partial charge in [-0.2, -0.15) is 0 Å². The van der Waals surface area contributed by atoms with Crippen molar-refractivity contribution in [1.82, 2.24) is 0 Å². The monoisotopic (exact) mass is 266 g/mol. The summed E-state index contributed by atoms with van der Waals surface area (Å²) in [4.78, 5) is 12.0. The summed E-state index contributed by atoms with van der Waals surface area (Å²) in [7, 11) is 0. The molecule has 0 spiro atoms. The summed E-state index contributed by atoms with van der Waals surface area (Å²) < 4.78 is 23.6. The van der Waals surface area contributed by atoms with Crippen molar-refractivity contribution in [3.8, 4) is 0 Å². The third-order valence-electron chi connectivity index (χ3n) is 3.37. The van der Waals surface area contributed by atoms with Gasteiger partial charge in [-0.3, -0.25) is 4.79 Å². The van der Waals surface area contributed by atoms with Crippen molar-refractivity contribution in [3.05, 3.63) is 35.6 Å². The third-order valence-corrected chi connectivity index (χ3v) is 3.37. The highest BCUT2D eigenvalue weighted by Gasteiger charge is 2.28. The SMILES string of the molecule is CCOC(=O)C(CC1CCCO1)c1ccc(F)cc1. The Morgan fingerprint density at radius 1 is 1.47 bits per heavy atom. The molecule has 0 radical (unpaired) electrons. The van der Waals surface area contributed by atoms with Crippen LogP contribution in [0, 0.1) is 5.82 Å². The fourth-order valence-corrected chi connectivity index (χ4v) is 2.40. The molecule has 2 rings (SSSR count). The molecule has 1 heterocycles. The van der Waals surface area contributed by atoms with E-state index in [9.17, 15) is 9.18 Å². The van der Waals surface area contributed by atoms with E-state index in [1.165, 1.54) is 12.1 Å². The van der Waals surface area contributed by atoms with Crippen LogP contribution in [0.15, 0.2) is 24.3 Å². The van der Waals surface area contributed by atoms with Gasteiger partial charge >= 0.3 is 5.97 Å². The van der Waals surface area contributed by atoms with Crippen LogP contribution in [0.1, 0.15) is 37.7 Å². The molecule has 0 aliphatic carbocycles. The first-order valence-corrected chi connectivity index (χ1v) is 6.74. The van der Waals surface area contributed by atoms with Crippen LogP contribution < -0.4 is 0 Å². The standard InChI is InChI=1S/C15H19FO3/c1-2-18-15(17)14(10-13-4-3-9-19-13)11-5-7-12(16)8-6-11/h5-8,13-14H,2-4,9-10H2,1H3. The highest BCUT2D eigenvalue weighted by atomic mass is 19.1. The van der Waals surface area contributed by atoms with Crippen molar-refractivity contribution < 1.29 is 18.7 Å². The number of carbonyl (C=O) groups excluding carboxylic acids is 1. The highest BCUT2D eigenvalue weighted by molar-refractivity contribution is 5.78. The van der Waals surface area contributed by atoms with E-state index in [2.05, 4.69) is 0 Å². The molecule has 1 aliphatic heterocycles. The summed E-state index contributed by atoms with van der Waals surface area (Å²) in [5.41, 5.74) is 0.787. The zero-order valence-corrected chi connectivity index (χ0v) is 11.1. The van der Waals surface area contributed by atoms with Gasteiger partial charge in [0, 0.05) is 6.61 Å². The van der Waals surface area contributed by atoms with E-state index in [1.54, 1.807) is 19.1 Å². The molecule has 2 atom stereocenters. The normalized spacial score (nSPS) is 20.2. The largest absolute Gasteiger partial charge is 0.466 e. The van der Waals surface area contributed by atoms with Gasteiger partial charge < -0.3 is 9.47 Å². The van der Waals surface area contributed by atoms with Crippen LogP contribution >= 0.6 is 0 Å². The minimum Gasteiger partial charge on any atom is -0.466 e. The van der Waals surface area contributed by atoms with Gasteiger partial charge in [-0.25, -0.2) is 4.39 Å². The second-order valence-electron chi connectivity index (χ2n) is 4.73. The van der Waals surface area contributed by atoms with E-state index in [1.807, 2.05) is 0 Å². The Morgan fingerprint density at radius 3 is 2.79 bits per heavy atom. The molecule has 0 saturated carbocycles. The van der Waals surface area contributed by atoms with Gasteiger partial charge in [-0.05, 0) is 43.9 Å². The van der Waals surface area contributed by atoms with Gasteiger partial charge in [0.2, 0.25) is 0 Å². The van der Waals surface area contributed by atoms with E-state index >= 15 is 0 Å². The molecule has 1 aromatic rings. The summed E-state index contributed by atoms with van der Waals surface area (Å²) in [6.45, 7) is 2.89. The maximum absolute atomic E-state index is 13.0. The fraction of sp³-hybridized carbons (Fsp3) is 0.533. The van der Waals surface area contributed by atoms with Crippen LogP contribution in [0.2, 0.25) is 0 Å². The quantitative estimate of drug-likeness (QED) is 0.768. The van der Waals surface area contributed by atoms with Gasteiger partial charge in [-0.15, -0.1) is 0 Å². The molecule has 3 nitrogen and oxygen atoms in total. The number of ether oxygens (including phenoxy) is 2. The predicted molar refractivity (Wildman–Crippen MR) is 69.4 cm³/mol. The van der Waals surface area contributed by atoms with Crippen LogP contribution in [0.3, 0.4) is 0 Å². The smallest absolute Gasteiger partial charge is 0.313 e.